The molecule has 0 bridgehead atoms. The number of nitrogens with zero attached hydrogens (tertiary/aromatic N) is 1. The summed E-state index contributed by atoms with van der Waals surface area (Å²) in [5.74, 6) is -0.747. The molecular formula is C12H14FN3O3. The molecule has 5 N–H and O–H groups in total. The van der Waals surface area contributed by atoms with Crippen molar-refractivity contribution in [3.63, 3.8) is 0 Å². The Morgan fingerprint density at radius 2 is 2.16 bits per heavy atom. The van der Waals surface area contributed by atoms with Crippen LogP contribution < -0.4 is 11.5 Å². The average Bonchev–Trinajstić information content (AvgIpc) is 2.62. The van der Waals surface area contributed by atoms with Gasteiger partial charge in [0.15, 0.2) is 5.82 Å². The van der Waals surface area contributed by atoms with Gasteiger partial charge in [0.1, 0.15) is 6.26 Å². The summed E-state index contributed by atoms with van der Waals surface area (Å²) in [6.45, 7) is 0.601. The Hall–Kier alpha value is -2.44. The fraction of sp³-hybridized carbons (Fsp3) is 0.250. The summed E-state index contributed by atoms with van der Waals surface area (Å²) >= 11 is 0. The fourth-order valence-electron chi connectivity index (χ4n) is 1.84. The van der Waals surface area contributed by atoms with E-state index in [-0.39, 0.29) is 29.2 Å². The van der Waals surface area contributed by atoms with Gasteiger partial charge in [0.2, 0.25) is 0 Å². The molecule has 6 nitrogen and oxygen atoms in total. The Morgan fingerprint density at radius 3 is 2.84 bits per heavy atom. The SMILES string of the molecule is Nc1ccc(C2=COCCCN2C(=O)O)c(F)c1N. The number of anilines is 2. The van der Waals surface area contributed by atoms with Crippen LogP contribution in [0.3, 0.4) is 0 Å². The largest absolute Gasteiger partial charge is 0.499 e. The maximum absolute atomic E-state index is 14.1. The molecule has 102 valence electrons. The predicted molar refractivity (Wildman–Crippen MR) is 68.5 cm³/mol. The smallest absolute Gasteiger partial charge is 0.411 e. The molecule has 0 spiro atoms. The van der Waals surface area contributed by atoms with Crippen LogP contribution in [0.5, 0.6) is 0 Å². The molecule has 2 rings (SSSR count). The normalized spacial score (nSPS) is 15.4. The summed E-state index contributed by atoms with van der Waals surface area (Å²) in [5.41, 5.74) is 11.1. The molecule has 0 radical (unpaired) electrons. The Bertz CT molecular complexity index is 545. The zero-order chi connectivity index (χ0) is 14.0. The summed E-state index contributed by atoms with van der Waals surface area (Å²) in [6, 6.07) is 2.82. The van der Waals surface area contributed by atoms with Crippen LogP contribution >= 0.6 is 0 Å². The van der Waals surface area contributed by atoms with E-state index in [1.165, 1.54) is 18.4 Å². The molecule has 7 heteroatoms. The van der Waals surface area contributed by atoms with Gasteiger partial charge in [0, 0.05) is 12.1 Å². The zero-order valence-corrected chi connectivity index (χ0v) is 10.1. The average molecular weight is 267 g/mol. The first-order valence-electron chi connectivity index (χ1n) is 5.68. The van der Waals surface area contributed by atoms with E-state index in [1.807, 2.05) is 0 Å². The second kappa shape index (κ2) is 5.05. The quantitative estimate of drug-likeness (QED) is 0.672. The van der Waals surface area contributed by atoms with Gasteiger partial charge in [0.05, 0.1) is 23.7 Å². The maximum Gasteiger partial charge on any atom is 0.411 e. The second-order valence-corrected chi connectivity index (χ2v) is 4.09. The van der Waals surface area contributed by atoms with Crippen molar-refractivity contribution in [3.05, 3.63) is 29.8 Å². The van der Waals surface area contributed by atoms with E-state index in [1.54, 1.807) is 0 Å². The number of benzene rings is 1. The first-order chi connectivity index (χ1) is 9.02. The highest BCUT2D eigenvalue weighted by Gasteiger charge is 2.24. The van der Waals surface area contributed by atoms with E-state index in [9.17, 15) is 9.18 Å². The highest BCUT2D eigenvalue weighted by Crippen LogP contribution is 2.30. The molecular weight excluding hydrogens is 253 g/mol. The van der Waals surface area contributed by atoms with Crippen LogP contribution in [0.25, 0.3) is 5.70 Å². The summed E-state index contributed by atoms with van der Waals surface area (Å²) in [4.78, 5) is 12.2. The standard InChI is InChI=1S/C12H14FN3O3/c13-10-7(2-3-8(14)11(10)15)9-6-19-5-1-4-16(9)12(17)18/h2-3,6H,1,4-5,14-15H2,(H,17,18). The third kappa shape index (κ3) is 2.40. The van der Waals surface area contributed by atoms with Crippen molar-refractivity contribution < 1.29 is 19.0 Å². The van der Waals surface area contributed by atoms with Gasteiger partial charge in [-0.15, -0.1) is 0 Å². The minimum atomic E-state index is -1.17. The van der Waals surface area contributed by atoms with Crippen LogP contribution in [0.2, 0.25) is 0 Å². The van der Waals surface area contributed by atoms with Crippen molar-refractivity contribution >= 4 is 23.2 Å². The van der Waals surface area contributed by atoms with Gasteiger partial charge in [-0.05, 0) is 18.6 Å². The van der Waals surface area contributed by atoms with Gasteiger partial charge >= 0.3 is 6.09 Å². The highest BCUT2D eigenvalue weighted by molar-refractivity contribution is 5.83. The lowest BCUT2D eigenvalue weighted by atomic mass is 10.1. The molecule has 0 aliphatic carbocycles. The molecule has 1 amide bonds. The van der Waals surface area contributed by atoms with Crippen molar-refractivity contribution in [1.29, 1.82) is 0 Å². The first-order valence-corrected chi connectivity index (χ1v) is 5.68. The molecule has 1 heterocycles. The number of halogens is 1. The maximum atomic E-state index is 14.1. The predicted octanol–water partition coefficient (Wildman–Crippen LogP) is 1.69. The van der Waals surface area contributed by atoms with E-state index in [2.05, 4.69) is 0 Å². The van der Waals surface area contributed by atoms with E-state index >= 15 is 0 Å². The molecule has 0 saturated carbocycles. The summed E-state index contributed by atoms with van der Waals surface area (Å²) in [7, 11) is 0. The van der Waals surface area contributed by atoms with E-state index in [4.69, 9.17) is 21.3 Å². The van der Waals surface area contributed by atoms with Crippen molar-refractivity contribution in [2.45, 2.75) is 6.42 Å². The highest BCUT2D eigenvalue weighted by atomic mass is 19.1. The van der Waals surface area contributed by atoms with Crippen molar-refractivity contribution in [1.82, 2.24) is 4.90 Å². The number of ether oxygens (including phenoxy) is 1. The Labute approximate surface area is 109 Å². The minimum absolute atomic E-state index is 0.0519. The number of carbonyl (C=O) groups is 1. The molecule has 1 aliphatic heterocycles. The van der Waals surface area contributed by atoms with Crippen molar-refractivity contribution in [2.24, 2.45) is 0 Å². The van der Waals surface area contributed by atoms with Crippen LogP contribution in [0, 0.1) is 5.82 Å². The molecule has 0 fully saturated rings. The van der Waals surface area contributed by atoms with Crippen LogP contribution in [0.1, 0.15) is 12.0 Å². The van der Waals surface area contributed by atoms with Crippen LogP contribution in [0.15, 0.2) is 18.4 Å². The van der Waals surface area contributed by atoms with Gasteiger partial charge in [-0.1, -0.05) is 0 Å². The van der Waals surface area contributed by atoms with E-state index in [0.29, 0.717) is 13.0 Å². The summed E-state index contributed by atoms with van der Waals surface area (Å²) in [5, 5.41) is 9.16. The Balaban J connectivity index is 2.51. The van der Waals surface area contributed by atoms with Crippen LogP contribution in [0.4, 0.5) is 20.6 Å². The lowest BCUT2D eigenvalue weighted by molar-refractivity contribution is 0.165. The van der Waals surface area contributed by atoms with Gasteiger partial charge in [-0.3, -0.25) is 4.90 Å². The second-order valence-electron chi connectivity index (χ2n) is 4.09. The summed E-state index contributed by atoms with van der Waals surface area (Å²) < 4.78 is 19.3. The Kier molecular flexibility index (Phi) is 3.46. The monoisotopic (exact) mass is 267 g/mol. The lowest BCUT2D eigenvalue weighted by Gasteiger charge is -2.20. The van der Waals surface area contributed by atoms with Crippen LogP contribution in [-0.2, 0) is 4.74 Å². The van der Waals surface area contributed by atoms with E-state index < -0.39 is 11.9 Å². The zero-order valence-electron chi connectivity index (χ0n) is 10.1. The summed E-state index contributed by atoms with van der Waals surface area (Å²) in [6.07, 6.45) is 0.583. The third-order valence-electron chi connectivity index (χ3n) is 2.85. The minimum Gasteiger partial charge on any atom is -0.499 e. The molecule has 1 aromatic rings. The topological polar surface area (TPSA) is 102 Å². The molecule has 1 aliphatic rings. The van der Waals surface area contributed by atoms with Gasteiger partial charge in [-0.25, -0.2) is 9.18 Å². The first kappa shape index (κ1) is 13.0. The number of rotatable bonds is 1. The molecule has 0 saturated heterocycles. The number of hydrogen-bond acceptors (Lipinski definition) is 4. The third-order valence-corrected chi connectivity index (χ3v) is 2.85. The van der Waals surface area contributed by atoms with Crippen molar-refractivity contribution in [3.8, 4) is 0 Å². The van der Waals surface area contributed by atoms with Crippen molar-refractivity contribution in [2.75, 3.05) is 24.6 Å². The van der Waals surface area contributed by atoms with E-state index in [0.717, 1.165) is 4.90 Å². The molecule has 1 aromatic carbocycles. The number of hydrogen-bond donors (Lipinski definition) is 3. The lowest BCUT2D eigenvalue weighted by Crippen LogP contribution is -2.29. The molecule has 0 atom stereocenters. The Morgan fingerprint density at radius 1 is 1.42 bits per heavy atom. The number of nitrogens with two attached hydrogens (primary N) is 2. The van der Waals surface area contributed by atoms with Gasteiger partial charge in [0.25, 0.3) is 0 Å². The fourth-order valence-corrected chi connectivity index (χ4v) is 1.84. The molecule has 19 heavy (non-hydrogen) atoms. The van der Waals surface area contributed by atoms with Gasteiger partial charge < -0.3 is 21.3 Å². The number of carboxylic acid groups (broad SMARTS) is 1. The van der Waals surface area contributed by atoms with Gasteiger partial charge in [-0.2, -0.15) is 0 Å². The number of amides is 1. The molecule has 0 unspecified atom stereocenters. The number of nitrogen functional groups attached to an aromatic ring is 2. The molecule has 0 aromatic heterocycles. The van der Waals surface area contributed by atoms with Crippen LogP contribution in [-0.4, -0.2) is 29.3 Å².